The highest BCUT2D eigenvalue weighted by Gasteiger charge is 2.02. The van der Waals surface area contributed by atoms with Gasteiger partial charge < -0.3 is 5.11 Å². The number of aliphatic hydroxyl groups is 1. The molecule has 2 aromatic carbocycles. The molecule has 0 saturated heterocycles. The van der Waals surface area contributed by atoms with Crippen LogP contribution in [0.2, 0.25) is 0 Å². The number of thioether (sulfide) groups is 1. The number of para-hydroxylation sites is 1. The van der Waals surface area contributed by atoms with Crippen LogP contribution in [-0.4, -0.2) is 10.1 Å². The largest absolute Gasteiger partial charge is 0.392 e. The summed E-state index contributed by atoms with van der Waals surface area (Å²) in [5.41, 5.74) is 3.29. The Morgan fingerprint density at radius 1 is 0.950 bits per heavy atom. The van der Waals surface area contributed by atoms with Crippen molar-refractivity contribution in [2.75, 3.05) is 0 Å². The number of aromatic nitrogens is 1. The van der Waals surface area contributed by atoms with Gasteiger partial charge in [-0.2, -0.15) is 0 Å². The van der Waals surface area contributed by atoms with Crippen LogP contribution in [0, 0.1) is 0 Å². The van der Waals surface area contributed by atoms with E-state index in [9.17, 15) is 0 Å². The third-order valence-electron chi connectivity index (χ3n) is 3.24. The van der Waals surface area contributed by atoms with Crippen LogP contribution in [0.3, 0.4) is 0 Å². The first-order valence-electron chi connectivity index (χ1n) is 6.52. The molecule has 0 atom stereocenters. The lowest BCUT2D eigenvalue weighted by Gasteiger charge is -2.06. The van der Waals surface area contributed by atoms with Crippen molar-refractivity contribution in [1.29, 1.82) is 0 Å². The topological polar surface area (TPSA) is 33.1 Å². The van der Waals surface area contributed by atoms with Gasteiger partial charge in [-0.05, 0) is 35.4 Å². The monoisotopic (exact) mass is 281 g/mol. The van der Waals surface area contributed by atoms with Crippen molar-refractivity contribution in [2.45, 2.75) is 17.3 Å². The molecule has 100 valence electrons. The minimum Gasteiger partial charge on any atom is -0.392 e. The summed E-state index contributed by atoms with van der Waals surface area (Å²) >= 11 is 1.80. The van der Waals surface area contributed by atoms with Gasteiger partial charge in [-0.15, -0.1) is 11.8 Å². The molecule has 0 aliphatic carbocycles. The first-order chi connectivity index (χ1) is 9.86. The zero-order chi connectivity index (χ0) is 13.8. The zero-order valence-electron chi connectivity index (χ0n) is 11.0. The van der Waals surface area contributed by atoms with Gasteiger partial charge in [0.1, 0.15) is 0 Å². The molecule has 1 heterocycles. The normalized spacial score (nSPS) is 10.8. The Balaban J connectivity index is 1.79. The summed E-state index contributed by atoms with van der Waals surface area (Å²) in [7, 11) is 0. The van der Waals surface area contributed by atoms with Crippen molar-refractivity contribution in [2.24, 2.45) is 0 Å². The summed E-state index contributed by atoms with van der Waals surface area (Å²) in [5.74, 6) is 0.918. The number of hydrogen-bond donors (Lipinski definition) is 1. The van der Waals surface area contributed by atoms with Crippen LogP contribution < -0.4 is 0 Å². The number of hydrogen-bond acceptors (Lipinski definition) is 3. The van der Waals surface area contributed by atoms with Crippen LogP contribution in [0.4, 0.5) is 0 Å². The molecule has 0 fully saturated rings. The van der Waals surface area contributed by atoms with E-state index in [1.54, 1.807) is 11.8 Å². The van der Waals surface area contributed by atoms with Crippen molar-refractivity contribution in [1.82, 2.24) is 4.98 Å². The highest BCUT2D eigenvalue weighted by Crippen LogP contribution is 2.26. The van der Waals surface area contributed by atoms with Gasteiger partial charge in [0.15, 0.2) is 0 Å². The molecule has 0 unspecified atom stereocenters. The van der Waals surface area contributed by atoms with E-state index in [1.807, 2.05) is 36.5 Å². The summed E-state index contributed by atoms with van der Waals surface area (Å²) in [4.78, 5) is 5.59. The van der Waals surface area contributed by atoms with Gasteiger partial charge in [0.05, 0.1) is 12.1 Å². The Hall–Kier alpha value is -1.84. The van der Waals surface area contributed by atoms with E-state index in [1.165, 1.54) is 15.8 Å². The molecule has 0 radical (unpaired) electrons. The number of rotatable bonds is 4. The maximum atomic E-state index is 9.04. The predicted molar refractivity (Wildman–Crippen MR) is 83.7 cm³/mol. The summed E-state index contributed by atoms with van der Waals surface area (Å²) in [6.07, 6.45) is 1.87. The fourth-order valence-electron chi connectivity index (χ4n) is 2.13. The second-order valence-electron chi connectivity index (χ2n) is 4.58. The van der Waals surface area contributed by atoms with Gasteiger partial charge in [0.2, 0.25) is 0 Å². The third kappa shape index (κ3) is 2.84. The van der Waals surface area contributed by atoms with E-state index in [0.29, 0.717) is 0 Å². The third-order valence-corrected chi connectivity index (χ3v) is 4.30. The average Bonchev–Trinajstić information content (AvgIpc) is 2.53. The Kier molecular flexibility index (Phi) is 4.00. The molecule has 1 N–H and O–H groups in total. The molecule has 0 spiro atoms. The quantitative estimate of drug-likeness (QED) is 0.733. The molecule has 3 rings (SSSR count). The Morgan fingerprint density at radius 3 is 2.55 bits per heavy atom. The molecule has 0 amide bonds. The highest BCUT2D eigenvalue weighted by molar-refractivity contribution is 7.98. The molecule has 3 heteroatoms. The molecule has 0 bridgehead atoms. The van der Waals surface area contributed by atoms with E-state index in [-0.39, 0.29) is 6.61 Å². The van der Waals surface area contributed by atoms with Crippen LogP contribution >= 0.6 is 11.8 Å². The lowest BCUT2D eigenvalue weighted by atomic mass is 10.1. The van der Waals surface area contributed by atoms with Crippen LogP contribution in [0.5, 0.6) is 0 Å². The number of nitrogens with zero attached hydrogens (tertiary/aromatic N) is 1. The van der Waals surface area contributed by atoms with Gasteiger partial charge in [-0.25, -0.2) is 0 Å². The van der Waals surface area contributed by atoms with E-state index in [4.69, 9.17) is 5.11 Å². The maximum Gasteiger partial charge on any atom is 0.0705 e. The lowest BCUT2D eigenvalue weighted by molar-refractivity contribution is 0.282. The molecule has 1 aromatic heterocycles. The van der Waals surface area contributed by atoms with Crippen LogP contribution in [0.15, 0.2) is 65.7 Å². The molecule has 0 saturated carbocycles. The van der Waals surface area contributed by atoms with Gasteiger partial charge in [0, 0.05) is 22.2 Å². The van der Waals surface area contributed by atoms with Crippen molar-refractivity contribution in [3.8, 4) is 0 Å². The second-order valence-corrected chi connectivity index (χ2v) is 5.63. The van der Waals surface area contributed by atoms with Gasteiger partial charge in [0.25, 0.3) is 0 Å². The molecule has 3 aromatic rings. The van der Waals surface area contributed by atoms with Crippen molar-refractivity contribution in [3.05, 3.63) is 71.9 Å². The van der Waals surface area contributed by atoms with E-state index < -0.39 is 0 Å². The molecule has 2 nitrogen and oxygen atoms in total. The Bertz CT molecular complexity index is 704. The number of pyridine rings is 1. The Morgan fingerprint density at radius 2 is 1.75 bits per heavy atom. The van der Waals surface area contributed by atoms with E-state index in [0.717, 1.165) is 16.8 Å². The standard InChI is InChI=1S/C17H15NOS/c19-11-13-5-7-15(8-6-13)20-12-14-9-10-18-17-4-2-1-3-16(14)17/h1-10,19H,11-12H2. The maximum absolute atomic E-state index is 9.04. The minimum atomic E-state index is 0.0972. The predicted octanol–water partition coefficient (Wildman–Crippen LogP) is 4.02. The van der Waals surface area contributed by atoms with E-state index >= 15 is 0 Å². The number of benzene rings is 2. The van der Waals surface area contributed by atoms with Gasteiger partial charge >= 0.3 is 0 Å². The molecular weight excluding hydrogens is 266 g/mol. The molecule has 20 heavy (non-hydrogen) atoms. The fraction of sp³-hybridized carbons (Fsp3) is 0.118. The Labute approximate surface area is 122 Å². The molecule has 0 aliphatic rings. The second kappa shape index (κ2) is 6.07. The SMILES string of the molecule is OCc1ccc(SCc2ccnc3ccccc23)cc1. The highest BCUT2D eigenvalue weighted by atomic mass is 32.2. The van der Waals surface area contributed by atoms with Crippen molar-refractivity contribution < 1.29 is 5.11 Å². The van der Waals surface area contributed by atoms with Crippen LogP contribution in [0.25, 0.3) is 10.9 Å². The fourth-order valence-corrected chi connectivity index (χ4v) is 3.04. The summed E-state index contributed by atoms with van der Waals surface area (Å²) in [6, 6.07) is 18.3. The minimum absolute atomic E-state index is 0.0972. The van der Waals surface area contributed by atoms with E-state index in [2.05, 4.69) is 29.2 Å². The van der Waals surface area contributed by atoms with Crippen molar-refractivity contribution in [3.63, 3.8) is 0 Å². The molecule has 0 aliphatic heterocycles. The number of aliphatic hydroxyl groups excluding tert-OH is 1. The summed E-state index contributed by atoms with van der Waals surface area (Å²) < 4.78 is 0. The first-order valence-corrected chi connectivity index (χ1v) is 7.50. The lowest BCUT2D eigenvalue weighted by Crippen LogP contribution is -1.87. The van der Waals surface area contributed by atoms with Crippen molar-refractivity contribution >= 4 is 22.7 Å². The molecular formula is C17H15NOS. The number of fused-ring (bicyclic) bond motifs is 1. The zero-order valence-corrected chi connectivity index (χ0v) is 11.8. The summed E-state index contributed by atoms with van der Waals surface area (Å²) in [5, 5.41) is 10.3. The average molecular weight is 281 g/mol. The first kappa shape index (κ1) is 13.2. The van der Waals surface area contributed by atoms with Gasteiger partial charge in [-0.1, -0.05) is 30.3 Å². The summed E-state index contributed by atoms with van der Waals surface area (Å²) in [6.45, 7) is 0.0972. The smallest absolute Gasteiger partial charge is 0.0705 e. The van der Waals surface area contributed by atoms with Crippen LogP contribution in [0.1, 0.15) is 11.1 Å². The van der Waals surface area contributed by atoms with Crippen LogP contribution in [-0.2, 0) is 12.4 Å². The van der Waals surface area contributed by atoms with Gasteiger partial charge in [-0.3, -0.25) is 4.98 Å².